The zero-order chi connectivity index (χ0) is 11.9. The lowest BCUT2D eigenvalue weighted by Gasteiger charge is -2.09. The van der Waals surface area contributed by atoms with Crippen LogP contribution in [0.1, 0.15) is 24.8 Å². The number of hydrogen-bond acceptors (Lipinski definition) is 3. The lowest BCUT2D eigenvalue weighted by Crippen LogP contribution is -2.14. The predicted molar refractivity (Wildman–Crippen MR) is 69.0 cm³/mol. The van der Waals surface area contributed by atoms with Crippen LogP contribution in [0.25, 0.3) is 0 Å². The van der Waals surface area contributed by atoms with Crippen molar-refractivity contribution in [2.75, 3.05) is 25.6 Å². The fourth-order valence-corrected chi connectivity index (χ4v) is 2.05. The van der Waals surface area contributed by atoms with Crippen molar-refractivity contribution in [2.24, 2.45) is 0 Å². The summed E-state index contributed by atoms with van der Waals surface area (Å²) in [5.74, 6) is 0. The summed E-state index contributed by atoms with van der Waals surface area (Å²) < 4.78 is 11.1. The van der Waals surface area contributed by atoms with E-state index in [0.29, 0.717) is 6.10 Å². The third-order valence-electron chi connectivity index (χ3n) is 3.06. The van der Waals surface area contributed by atoms with E-state index in [9.17, 15) is 0 Å². The van der Waals surface area contributed by atoms with Gasteiger partial charge in [0, 0.05) is 18.9 Å². The van der Waals surface area contributed by atoms with Gasteiger partial charge in [-0.1, -0.05) is 12.1 Å². The summed E-state index contributed by atoms with van der Waals surface area (Å²) in [7, 11) is 0. The quantitative estimate of drug-likeness (QED) is 0.608. The molecular formula is C14H21NO2. The number of nitrogens with two attached hydrogens (primary N) is 1. The van der Waals surface area contributed by atoms with Crippen LogP contribution in [-0.2, 0) is 15.9 Å². The molecule has 0 spiro atoms. The Labute approximate surface area is 103 Å². The number of nitrogen functional groups attached to an aromatic ring is 1. The average molecular weight is 235 g/mol. The summed E-state index contributed by atoms with van der Waals surface area (Å²) in [6.07, 6.45) is 4.77. The van der Waals surface area contributed by atoms with Gasteiger partial charge in [0.05, 0.1) is 12.7 Å². The minimum atomic E-state index is 0.339. The van der Waals surface area contributed by atoms with Crippen LogP contribution < -0.4 is 5.73 Å². The van der Waals surface area contributed by atoms with E-state index in [-0.39, 0.29) is 0 Å². The van der Waals surface area contributed by atoms with Crippen LogP contribution in [0.15, 0.2) is 24.3 Å². The molecule has 0 radical (unpaired) electrons. The molecule has 1 aromatic carbocycles. The molecule has 94 valence electrons. The molecule has 1 aliphatic rings. The molecule has 0 bridgehead atoms. The van der Waals surface area contributed by atoms with Gasteiger partial charge in [-0.3, -0.25) is 0 Å². The molecule has 0 aromatic heterocycles. The second-order valence-electron chi connectivity index (χ2n) is 4.56. The van der Waals surface area contributed by atoms with Gasteiger partial charge in [-0.2, -0.15) is 0 Å². The average Bonchev–Trinajstić information content (AvgIpc) is 2.84. The van der Waals surface area contributed by atoms with Gasteiger partial charge < -0.3 is 15.2 Å². The van der Waals surface area contributed by atoms with E-state index in [1.807, 2.05) is 12.1 Å². The number of anilines is 1. The molecule has 3 heteroatoms. The maximum absolute atomic E-state index is 5.63. The molecular weight excluding hydrogens is 214 g/mol. The number of ether oxygens (including phenoxy) is 2. The van der Waals surface area contributed by atoms with Crippen LogP contribution in [0.4, 0.5) is 5.69 Å². The monoisotopic (exact) mass is 235 g/mol. The van der Waals surface area contributed by atoms with Crippen LogP contribution in [0.3, 0.4) is 0 Å². The van der Waals surface area contributed by atoms with Gasteiger partial charge in [-0.25, -0.2) is 0 Å². The van der Waals surface area contributed by atoms with Gasteiger partial charge in [0.1, 0.15) is 0 Å². The number of aryl methyl sites for hydroxylation is 1. The first-order valence-electron chi connectivity index (χ1n) is 6.38. The maximum atomic E-state index is 5.63. The summed E-state index contributed by atoms with van der Waals surface area (Å²) in [6, 6.07) is 8.05. The molecule has 1 atom stereocenters. The maximum Gasteiger partial charge on any atom is 0.0809 e. The molecule has 0 aliphatic carbocycles. The minimum Gasteiger partial charge on any atom is -0.399 e. The highest BCUT2D eigenvalue weighted by atomic mass is 16.5. The third kappa shape index (κ3) is 4.36. The van der Waals surface area contributed by atoms with E-state index in [0.717, 1.165) is 44.8 Å². The first-order valence-corrected chi connectivity index (χ1v) is 6.38. The second-order valence-corrected chi connectivity index (χ2v) is 4.56. The van der Waals surface area contributed by atoms with Gasteiger partial charge >= 0.3 is 0 Å². The van der Waals surface area contributed by atoms with E-state index >= 15 is 0 Å². The highest BCUT2D eigenvalue weighted by Gasteiger charge is 2.14. The molecule has 2 N–H and O–H groups in total. The van der Waals surface area contributed by atoms with E-state index < -0.39 is 0 Å². The van der Waals surface area contributed by atoms with Crippen molar-refractivity contribution in [1.82, 2.24) is 0 Å². The van der Waals surface area contributed by atoms with Crippen molar-refractivity contribution in [3.05, 3.63) is 29.8 Å². The number of rotatable bonds is 6. The largest absolute Gasteiger partial charge is 0.399 e. The van der Waals surface area contributed by atoms with Gasteiger partial charge in [0.15, 0.2) is 0 Å². The lowest BCUT2D eigenvalue weighted by atomic mass is 10.1. The van der Waals surface area contributed by atoms with Gasteiger partial charge in [0.2, 0.25) is 0 Å². The van der Waals surface area contributed by atoms with E-state index in [1.165, 1.54) is 12.0 Å². The Morgan fingerprint density at radius 1 is 1.29 bits per heavy atom. The third-order valence-corrected chi connectivity index (χ3v) is 3.06. The second kappa shape index (κ2) is 6.62. The minimum absolute atomic E-state index is 0.339. The molecule has 1 unspecified atom stereocenters. The van der Waals surface area contributed by atoms with Gasteiger partial charge in [-0.15, -0.1) is 0 Å². The standard InChI is InChI=1S/C14H21NO2/c15-13-7-5-12(6-8-13)3-1-9-16-11-14-4-2-10-17-14/h5-8,14H,1-4,9-11,15H2. The number of hydrogen-bond donors (Lipinski definition) is 1. The fourth-order valence-electron chi connectivity index (χ4n) is 2.05. The molecule has 2 rings (SSSR count). The highest BCUT2D eigenvalue weighted by molar-refractivity contribution is 5.39. The van der Waals surface area contributed by atoms with Gasteiger partial charge in [-0.05, 0) is 43.4 Å². The first kappa shape index (κ1) is 12.4. The summed E-state index contributed by atoms with van der Waals surface area (Å²) in [4.78, 5) is 0. The van der Waals surface area contributed by atoms with E-state index in [2.05, 4.69) is 12.1 Å². The van der Waals surface area contributed by atoms with Gasteiger partial charge in [0.25, 0.3) is 0 Å². The lowest BCUT2D eigenvalue weighted by molar-refractivity contribution is 0.0166. The molecule has 0 saturated carbocycles. The van der Waals surface area contributed by atoms with Crippen molar-refractivity contribution in [2.45, 2.75) is 31.8 Å². The van der Waals surface area contributed by atoms with Crippen LogP contribution >= 0.6 is 0 Å². The molecule has 17 heavy (non-hydrogen) atoms. The van der Waals surface area contributed by atoms with Crippen LogP contribution in [0.5, 0.6) is 0 Å². The summed E-state index contributed by atoms with van der Waals surface area (Å²) in [5, 5.41) is 0. The summed E-state index contributed by atoms with van der Waals surface area (Å²) >= 11 is 0. The Hall–Kier alpha value is -1.06. The van der Waals surface area contributed by atoms with E-state index in [1.54, 1.807) is 0 Å². The Kier molecular flexibility index (Phi) is 4.83. The van der Waals surface area contributed by atoms with Crippen molar-refractivity contribution in [3.63, 3.8) is 0 Å². The summed E-state index contributed by atoms with van der Waals surface area (Å²) in [6.45, 7) is 2.46. The molecule has 1 saturated heterocycles. The molecule has 1 aromatic rings. The summed E-state index contributed by atoms with van der Waals surface area (Å²) in [5.41, 5.74) is 7.78. The molecule has 3 nitrogen and oxygen atoms in total. The Bertz CT molecular complexity index is 317. The van der Waals surface area contributed by atoms with Crippen LogP contribution in [-0.4, -0.2) is 25.9 Å². The molecule has 1 fully saturated rings. The van der Waals surface area contributed by atoms with Crippen LogP contribution in [0.2, 0.25) is 0 Å². The van der Waals surface area contributed by atoms with Crippen LogP contribution in [0, 0.1) is 0 Å². The Morgan fingerprint density at radius 2 is 2.12 bits per heavy atom. The van der Waals surface area contributed by atoms with Crippen molar-refractivity contribution < 1.29 is 9.47 Å². The van der Waals surface area contributed by atoms with Crippen molar-refractivity contribution in [3.8, 4) is 0 Å². The zero-order valence-electron chi connectivity index (χ0n) is 10.2. The Morgan fingerprint density at radius 3 is 2.82 bits per heavy atom. The normalized spacial score (nSPS) is 19.6. The zero-order valence-corrected chi connectivity index (χ0v) is 10.2. The van der Waals surface area contributed by atoms with E-state index in [4.69, 9.17) is 15.2 Å². The molecule has 0 amide bonds. The highest BCUT2D eigenvalue weighted by Crippen LogP contribution is 2.12. The van der Waals surface area contributed by atoms with Crippen molar-refractivity contribution in [1.29, 1.82) is 0 Å². The fraction of sp³-hybridized carbons (Fsp3) is 0.571. The predicted octanol–water partition coefficient (Wildman–Crippen LogP) is 2.40. The molecule has 1 heterocycles. The topological polar surface area (TPSA) is 44.5 Å². The smallest absolute Gasteiger partial charge is 0.0809 e. The van der Waals surface area contributed by atoms with Crippen molar-refractivity contribution >= 4 is 5.69 Å². The molecule has 1 aliphatic heterocycles. The Balaban J connectivity index is 1.55. The first-order chi connectivity index (χ1) is 8.34. The number of benzene rings is 1. The SMILES string of the molecule is Nc1ccc(CCCOCC2CCCO2)cc1.